The topological polar surface area (TPSA) is 29.5 Å². The zero-order chi connectivity index (χ0) is 11.6. The van der Waals surface area contributed by atoms with E-state index < -0.39 is 14.4 Å². The van der Waals surface area contributed by atoms with Crippen molar-refractivity contribution < 1.29 is 9.53 Å². The lowest BCUT2D eigenvalue weighted by Gasteiger charge is -2.36. The Morgan fingerprint density at radius 1 is 1.43 bits per heavy atom. The van der Waals surface area contributed by atoms with E-state index in [2.05, 4.69) is 40.4 Å². The van der Waals surface area contributed by atoms with Crippen LogP contribution in [0.15, 0.2) is 12.2 Å². The lowest BCUT2D eigenvalue weighted by atomic mass is 10.2. The molecule has 0 saturated heterocycles. The van der Waals surface area contributed by atoms with Crippen LogP contribution in [0.25, 0.3) is 0 Å². The first-order valence-electron chi connectivity index (χ1n) is 5.05. The van der Waals surface area contributed by atoms with Crippen LogP contribution in [0.2, 0.25) is 18.1 Å². The van der Waals surface area contributed by atoms with E-state index in [0.717, 1.165) is 5.57 Å². The lowest BCUT2D eigenvalue weighted by Crippen LogP contribution is -2.42. The van der Waals surface area contributed by atoms with Gasteiger partial charge in [0.05, 0.1) is 12.7 Å². The van der Waals surface area contributed by atoms with Crippen molar-refractivity contribution in [1.29, 1.82) is 0 Å². The fourth-order valence-electron chi connectivity index (χ4n) is 0.646. The highest BCUT2D eigenvalue weighted by Gasteiger charge is 2.37. The zero-order valence-corrected chi connectivity index (χ0v) is 11.3. The summed E-state index contributed by atoms with van der Waals surface area (Å²) in [7, 11) is -1.71. The second-order valence-corrected chi connectivity index (χ2v) is 10.2. The van der Waals surface area contributed by atoms with Crippen LogP contribution >= 0.6 is 0 Å². The van der Waals surface area contributed by atoms with Crippen molar-refractivity contribution in [3.63, 3.8) is 0 Å². The van der Waals surface area contributed by atoms with E-state index in [1.165, 1.54) is 0 Å². The third-order valence-electron chi connectivity index (χ3n) is 2.98. The molecular formula is C11H24O2Si. The normalized spacial score (nSPS) is 15.4. The van der Waals surface area contributed by atoms with Crippen LogP contribution in [0.5, 0.6) is 0 Å². The van der Waals surface area contributed by atoms with Crippen molar-refractivity contribution >= 4 is 8.32 Å². The van der Waals surface area contributed by atoms with Gasteiger partial charge in [-0.1, -0.05) is 27.4 Å². The van der Waals surface area contributed by atoms with Gasteiger partial charge in [-0.05, 0) is 30.6 Å². The van der Waals surface area contributed by atoms with Crippen LogP contribution in [0, 0.1) is 0 Å². The van der Waals surface area contributed by atoms with Gasteiger partial charge in [0.2, 0.25) is 0 Å². The third-order valence-corrected chi connectivity index (χ3v) is 7.48. The van der Waals surface area contributed by atoms with Crippen LogP contribution in [0.3, 0.4) is 0 Å². The Morgan fingerprint density at radius 3 is 2.14 bits per heavy atom. The lowest BCUT2D eigenvalue weighted by molar-refractivity contribution is 0.127. The molecule has 0 aliphatic heterocycles. The maximum absolute atomic E-state index is 9.55. The van der Waals surface area contributed by atoms with E-state index in [1.54, 1.807) is 0 Å². The Hall–Kier alpha value is -0.123. The van der Waals surface area contributed by atoms with E-state index in [-0.39, 0.29) is 5.04 Å². The van der Waals surface area contributed by atoms with E-state index in [9.17, 15) is 5.11 Å². The molecule has 84 valence electrons. The summed E-state index contributed by atoms with van der Waals surface area (Å²) in [4.78, 5) is 0. The molecule has 0 saturated carbocycles. The maximum atomic E-state index is 9.55. The first-order valence-corrected chi connectivity index (χ1v) is 7.96. The minimum atomic E-state index is -1.71. The molecule has 14 heavy (non-hydrogen) atoms. The Morgan fingerprint density at radius 2 is 1.86 bits per heavy atom. The fraction of sp³-hybridized carbons (Fsp3) is 0.818. The predicted octanol–water partition coefficient (Wildman–Crippen LogP) is 2.95. The number of rotatable bonds is 4. The molecule has 0 heterocycles. The zero-order valence-electron chi connectivity index (χ0n) is 10.3. The highest BCUT2D eigenvalue weighted by atomic mass is 28.4. The van der Waals surface area contributed by atoms with Gasteiger partial charge < -0.3 is 9.53 Å². The summed E-state index contributed by atoms with van der Waals surface area (Å²) in [6, 6.07) is 0. The van der Waals surface area contributed by atoms with Gasteiger partial charge in [-0.3, -0.25) is 0 Å². The van der Waals surface area contributed by atoms with E-state index >= 15 is 0 Å². The minimum absolute atomic E-state index is 0.196. The molecule has 0 aliphatic rings. The highest BCUT2D eigenvalue weighted by molar-refractivity contribution is 6.74. The van der Waals surface area contributed by atoms with Gasteiger partial charge >= 0.3 is 0 Å². The summed E-state index contributed by atoms with van der Waals surface area (Å²) in [5.74, 6) is 0. The van der Waals surface area contributed by atoms with Gasteiger partial charge in [0.15, 0.2) is 8.32 Å². The minimum Gasteiger partial charge on any atom is -0.414 e. The molecule has 0 aromatic rings. The number of aliphatic hydroxyl groups excluding tert-OH is 1. The van der Waals surface area contributed by atoms with E-state index in [1.807, 2.05) is 6.92 Å². The first kappa shape index (κ1) is 13.9. The SMILES string of the molecule is C=C(C)[C@@H](O)CO[Si](C)(C)C(C)(C)C. The Bertz CT molecular complexity index is 204. The standard InChI is InChI=1S/C11H24O2Si/c1-9(2)10(12)8-13-14(6,7)11(3,4)5/h10,12H,1,8H2,2-7H3/t10-/m0/s1. The largest absolute Gasteiger partial charge is 0.414 e. The molecule has 0 spiro atoms. The molecular weight excluding hydrogens is 192 g/mol. The third kappa shape index (κ3) is 3.94. The molecule has 0 rings (SSSR count). The smallest absolute Gasteiger partial charge is 0.192 e. The number of aliphatic hydroxyl groups is 1. The number of hydrogen-bond donors (Lipinski definition) is 1. The monoisotopic (exact) mass is 216 g/mol. The molecule has 2 nitrogen and oxygen atoms in total. The van der Waals surface area contributed by atoms with Gasteiger partial charge in [0, 0.05) is 0 Å². The summed E-state index contributed by atoms with van der Waals surface area (Å²) in [6.45, 7) is 16.8. The fourth-order valence-corrected chi connectivity index (χ4v) is 1.65. The molecule has 0 aliphatic carbocycles. The van der Waals surface area contributed by atoms with Crippen LogP contribution in [0.1, 0.15) is 27.7 Å². The summed E-state index contributed by atoms with van der Waals surface area (Å²) in [5.41, 5.74) is 0.767. The van der Waals surface area contributed by atoms with Gasteiger partial charge in [-0.2, -0.15) is 0 Å². The summed E-state index contributed by atoms with van der Waals surface area (Å²) in [6.07, 6.45) is -0.524. The van der Waals surface area contributed by atoms with Gasteiger partial charge in [-0.25, -0.2) is 0 Å². The average Bonchev–Trinajstić information content (AvgIpc) is 1.97. The van der Waals surface area contributed by atoms with E-state index in [4.69, 9.17) is 4.43 Å². The Labute approximate surface area is 89.1 Å². The highest BCUT2D eigenvalue weighted by Crippen LogP contribution is 2.36. The molecule has 0 radical (unpaired) electrons. The molecule has 0 unspecified atom stereocenters. The van der Waals surface area contributed by atoms with Crippen LogP contribution < -0.4 is 0 Å². The summed E-state index contributed by atoms with van der Waals surface area (Å²) in [5, 5.41) is 9.75. The molecule has 0 amide bonds. The Kier molecular flexibility index (Phi) is 4.56. The van der Waals surface area contributed by atoms with E-state index in [0.29, 0.717) is 6.61 Å². The van der Waals surface area contributed by atoms with Crippen LogP contribution in [-0.2, 0) is 4.43 Å². The summed E-state index contributed by atoms with van der Waals surface area (Å²) < 4.78 is 5.85. The quantitative estimate of drug-likeness (QED) is 0.578. The number of hydrogen-bond acceptors (Lipinski definition) is 2. The molecule has 0 fully saturated rings. The molecule has 0 aromatic carbocycles. The van der Waals surface area contributed by atoms with Gasteiger partial charge in [-0.15, -0.1) is 0 Å². The molecule has 0 bridgehead atoms. The second-order valence-electron chi connectivity index (χ2n) is 5.43. The molecule has 1 atom stereocenters. The van der Waals surface area contributed by atoms with Gasteiger partial charge in [0.25, 0.3) is 0 Å². The van der Waals surface area contributed by atoms with Crippen molar-refractivity contribution in [1.82, 2.24) is 0 Å². The van der Waals surface area contributed by atoms with Crippen molar-refractivity contribution in [2.75, 3.05) is 6.61 Å². The van der Waals surface area contributed by atoms with Crippen molar-refractivity contribution in [3.05, 3.63) is 12.2 Å². The predicted molar refractivity (Wildman–Crippen MR) is 64.0 cm³/mol. The molecule has 0 aromatic heterocycles. The van der Waals surface area contributed by atoms with Crippen LogP contribution in [0.4, 0.5) is 0 Å². The van der Waals surface area contributed by atoms with Crippen molar-refractivity contribution in [2.24, 2.45) is 0 Å². The maximum Gasteiger partial charge on any atom is 0.192 e. The van der Waals surface area contributed by atoms with Crippen LogP contribution in [-0.4, -0.2) is 26.1 Å². The average molecular weight is 216 g/mol. The molecule has 3 heteroatoms. The summed E-state index contributed by atoms with van der Waals surface area (Å²) >= 11 is 0. The molecule has 1 N–H and O–H groups in total. The van der Waals surface area contributed by atoms with Crippen molar-refractivity contribution in [2.45, 2.75) is 51.9 Å². The second kappa shape index (κ2) is 4.60. The van der Waals surface area contributed by atoms with Gasteiger partial charge in [0.1, 0.15) is 0 Å². The first-order chi connectivity index (χ1) is 6.08. The van der Waals surface area contributed by atoms with Crippen molar-refractivity contribution in [3.8, 4) is 0 Å². The Balaban J connectivity index is 4.20.